The van der Waals surface area contributed by atoms with Gasteiger partial charge in [0.25, 0.3) is 15.9 Å². The van der Waals surface area contributed by atoms with Crippen molar-refractivity contribution in [1.82, 2.24) is 5.32 Å². The third-order valence-electron chi connectivity index (χ3n) is 3.60. The van der Waals surface area contributed by atoms with Crippen LogP contribution >= 0.6 is 0 Å². The second kappa shape index (κ2) is 9.61. The number of hydrogen-bond acceptors (Lipinski definition) is 5. The van der Waals surface area contributed by atoms with Crippen LogP contribution in [0, 0.1) is 0 Å². The molecule has 0 atom stereocenters. The number of aliphatic hydroxyl groups is 1. The highest BCUT2D eigenvalue weighted by Gasteiger charge is 2.30. The van der Waals surface area contributed by atoms with Gasteiger partial charge in [-0.3, -0.25) is 9.52 Å². The minimum absolute atomic E-state index is 0.0500. The van der Waals surface area contributed by atoms with Crippen LogP contribution in [0.3, 0.4) is 0 Å². The highest BCUT2D eigenvalue weighted by atomic mass is 32.2. The van der Waals surface area contributed by atoms with Gasteiger partial charge in [0.1, 0.15) is 5.75 Å². The fourth-order valence-corrected chi connectivity index (χ4v) is 3.24. The van der Waals surface area contributed by atoms with E-state index in [1.54, 1.807) is 0 Å². The first-order valence-corrected chi connectivity index (χ1v) is 9.90. The maximum Gasteiger partial charge on any atom is 0.416 e. The van der Waals surface area contributed by atoms with Gasteiger partial charge in [-0.1, -0.05) is 6.07 Å². The van der Waals surface area contributed by atoms with Crippen molar-refractivity contribution in [3.05, 3.63) is 54.1 Å². The molecule has 0 radical (unpaired) electrons. The maximum atomic E-state index is 12.8. The summed E-state index contributed by atoms with van der Waals surface area (Å²) in [6.45, 7) is -0.0390. The lowest BCUT2D eigenvalue weighted by Crippen LogP contribution is -2.30. The van der Waals surface area contributed by atoms with Crippen molar-refractivity contribution in [2.24, 2.45) is 0 Å². The lowest BCUT2D eigenvalue weighted by atomic mass is 10.2. The summed E-state index contributed by atoms with van der Waals surface area (Å²) in [7, 11) is -4.11. The maximum absolute atomic E-state index is 12.8. The van der Waals surface area contributed by atoms with Crippen LogP contribution < -0.4 is 14.8 Å². The third-order valence-corrected chi connectivity index (χ3v) is 5.00. The van der Waals surface area contributed by atoms with E-state index in [-0.39, 0.29) is 29.5 Å². The standard InChI is InChI=1S/C18H19F3N2O5S/c19-18(20,21)13-3-1-4-14(11-13)23-29(26,27)16-7-5-15(6-8-16)28-12-17(25)22-9-2-10-24/h1,3-8,11,23-24H,2,9-10,12H2,(H,22,25). The Labute approximate surface area is 165 Å². The number of ether oxygens (including phenoxy) is 1. The van der Waals surface area contributed by atoms with Crippen LogP contribution in [-0.4, -0.2) is 39.2 Å². The Morgan fingerprint density at radius 1 is 1.10 bits per heavy atom. The molecule has 0 saturated carbocycles. The zero-order chi connectivity index (χ0) is 21.5. The first-order valence-electron chi connectivity index (χ1n) is 8.42. The number of hydrogen-bond donors (Lipinski definition) is 3. The lowest BCUT2D eigenvalue weighted by Gasteiger charge is -2.12. The fraction of sp³-hybridized carbons (Fsp3) is 0.278. The van der Waals surface area contributed by atoms with Crippen molar-refractivity contribution in [3.8, 4) is 5.75 Å². The first-order chi connectivity index (χ1) is 13.6. The molecule has 2 aromatic carbocycles. The van der Waals surface area contributed by atoms with Gasteiger partial charge in [-0.2, -0.15) is 13.2 Å². The van der Waals surface area contributed by atoms with Crippen LogP contribution in [0.4, 0.5) is 18.9 Å². The van der Waals surface area contributed by atoms with Gasteiger partial charge in [-0.05, 0) is 48.9 Å². The molecule has 0 aliphatic rings. The Morgan fingerprint density at radius 3 is 2.41 bits per heavy atom. The number of carbonyl (C=O) groups excluding carboxylic acids is 1. The molecule has 0 fully saturated rings. The van der Waals surface area contributed by atoms with Gasteiger partial charge >= 0.3 is 6.18 Å². The van der Waals surface area contributed by atoms with Crippen molar-refractivity contribution in [2.45, 2.75) is 17.5 Å². The molecule has 0 aliphatic carbocycles. The van der Waals surface area contributed by atoms with Crippen LogP contribution in [0.25, 0.3) is 0 Å². The van der Waals surface area contributed by atoms with Crippen molar-refractivity contribution < 1.29 is 36.2 Å². The van der Waals surface area contributed by atoms with E-state index in [2.05, 4.69) is 10.0 Å². The molecule has 0 saturated heterocycles. The van der Waals surface area contributed by atoms with Crippen LogP contribution in [0.15, 0.2) is 53.4 Å². The van der Waals surface area contributed by atoms with E-state index in [1.807, 2.05) is 0 Å². The van der Waals surface area contributed by atoms with E-state index in [0.717, 1.165) is 12.1 Å². The summed E-state index contributed by atoms with van der Waals surface area (Å²) < 4.78 is 70.3. The number of benzene rings is 2. The summed E-state index contributed by atoms with van der Waals surface area (Å²) in [6.07, 6.45) is -4.18. The smallest absolute Gasteiger partial charge is 0.416 e. The van der Waals surface area contributed by atoms with Crippen molar-refractivity contribution in [1.29, 1.82) is 0 Å². The van der Waals surface area contributed by atoms with E-state index < -0.39 is 27.7 Å². The Morgan fingerprint density at radius 2 is 1.79 bits per heavy atom. The molecule has 3 N–H and O–H groups in total. The second-order valence-electron chi connectivity index (χ2n) is 5.87. The average Bonchev–Trinajstić information content (AvgIpc) is 2.66. The summed E-state index contributed by atoms with van der Waals surface area (Å²) in [6, 6.07) is 8.89. The topological polar surface area (TPSA) is 105 Å². The van der Waals surface area contributed by atoms with E-state index in [4.69, 9.17) is 9.84 Å². The number of aliphatic hydroxyl groups excluding tert-OH is 1. The molecule has 11 heteroatoms. The number of alkyl halides is 3. The summed E-state index contributed by atoms with van der Waals surface area (Å²) in [5.41, 5.74) is -1.20. The molecule has 2 rings (SSSR count). The number of nitrogens with one attached hydrogen (secondary N) is 2. The summed E-state index contributed by atoms with van der Waals surface area (Å²) >= 11 is 0. The number of amides is 1. The summed E-state index contributed by atoms with van der Waals surface area (Å²) in [5, 5.41) is 11.2. The van der Waals surface area contributed by atoms with Crippen LogP contribution in [-0.2, 0) is 21.0 Å². The molecule has 1 amide bonds. The first kappa shape index (κ1) is 22.5. The number of sulfonamides is 1. The van der Waals surface area contributed by atoms with Gasteiger partial charge in [0.05, 0.1) is 10.5 Å². The Kier molecular flexibility index (Phi) is 7.46. The SMILES string of the molecule is O=C(COc1ccc(S(=O)(=O)Nc2cccc(C(F)(F)F)c2)cc1)NCCCO. The van der Waals surface area contributed by atoms with Crippen LogP contribution in [0.2, 0.25) is 0 Å². The third kappa shape index (κ3) is 6.95. The largest absolute Gasteiger partial charge is 0.484 e. The van der Waals surface area contributed by atoms with E-state index in [1.165, 1.54) is 30.3 Å². The Balaban J connectivity index is 2.00. The monoisotopic (exact) mass is 432 g/mol. The summed E-state index contributed by atoms with van der Waals surface area (Å²) in [4.78, 5) is 11.3. The molecule has 7 nitrogen and oxygen atoms in total. The summed E-state index contributed by atoms with van der Waals surface area (Å²) in [5.74, 6) is -0.165. The number of carbonyl (C=O) groups is 1. The minimum atomic E-state index is -4.59. The number of halogens is 3. The van der Waals surface area contributed by atoms with Gasteiger partial charge < -0.3 is 15.2 Å². The molecule has 0 aliphatic heterocycles. The number of anilines is 1. The Bertz CT molecular complexity index is 931. The quantitative estimate of drug-likeness (QED) is 0.528. The molecule has 0 heterocycles. The normalized spacial score (nSPS) is 11.7. The van der Waals surface area contributed by atoms with Gasteiger partial charge in [0.15, 0.2) is 6.61 Å². The van der Waals surface area contributed by atoms with Crippen LogP contribution in [0.1, 0.15) is 12.0 Å². The minimum Gasteiger partial charge on any atom is -0.484 e. The highest BCUT2D eigenvalue weighted by Crippen LogP contribution is 2.31. The van der Waals surface area contributed by atoms with E-state index in [9.17, 15) is 26.4 Å². The molecule has 0 aromatic heterocycles. The fourth-order valence-electron chi connectivity index (χ4n) is 2.19. The van der Waals surface area contributed by atoms with Gasteiger partial charge in [-0.15, -0.1) is 0 Å². The van der Waals surface area contributed by atoms with E-state index in [0.29, 0.717) is 19.0 Å². The molecule has 0 unspecified atom stereocenters. The van der Waals surface area contributed by atoms with Gasteiger partial charge in [-0.25, -0.2) is 8.42 Å². The molecule has 158 valence electrons. The van der Waals surface area contributed by atoms with Crippen molar-refractivity contribution >= 4 is 21.6 Å². The van der Waals surface area contributed by atoms with Crippen molar-refractivity contribution in [2.75, 3.05) is 24.5 Å². The van der Waals surface area contributed by atoms with E-state index >= 15 is 0 Å². The van der Waals surface area contributed by atoms with Crippen molar-refractivity contribution in [3.63, 3.8) is 0 Å². The predicted octanol–water partition coefficient (Wildman–Crippen LogP) is 2.38. The Hall–Kier alpha value is -2.79. The molecule has 0 spiro atoms. The average molecular weight is 432 g/mol. The zero-order valence-corrected chi connectivity index (χ0v) is 15.9. The lowest BCUT2D eigenvalue weighted by molar-refractivity contribution is -0.137. The van der Waals surface area contributed by atoms with Gasteiger partial charge in [0.2, 0.25) is 0 Å². The highest BCUT2D eigenvalue weighted by molar-refractivity contribution is 7.92. The zero-order valence-electron chi connectivity index (χ0n) is 15.1. The molecule has 29 heavy (non-hydrogen) atoms. The molecule has 2 aromatic rings. The van der Waals surface area contributed by atoms with Crippen LogP contribution in [0.5, 0.6) is 5.75 Å². The molecule has 0 bridgehead atoms. The van der Waals surface area contributed by atoms with Gasteiger partial charge in [0, 0.05) is 18.8 Å². The second-order valence-corrected chi connectivity index (χ2v) is 7.55. The number of rotatable bonds is 9. The predicted molar refractivity (Wildman–Crippen MR) is 98.9 cm³/mol. The molecular formula is C18H19F3N2O5S. The molecular weight excluding hydrogens is 413 g/mol.